The maximum Gasteiger partial charge on any atom is 0.303 e. The number of aryl methyl sites for hydroxylation is 2. The predicted octanol–water partition coefficient (Wildman–Crippen LogP) is 3.79. The SMILES string of the molecule is CN(CC(O)CNC(C)(C)CCCc1ccccc1)S(=O)(=O)c1cc(CCC(=O)O)c(Cl)s1. The Labute approximate surface area is 205 Å². The summed E-state index contributed by atoms with van der Waals surface area (Å²) in [7, 11) is -2.43. The number of nitrogens with one attached hydrogen (secondary N) is 1. The van der Waals surface area contributed by atoms with E-state index in [0.29, 0.717) is 5.56 Å². The van der Waals surface area contributed by atoms with Crippen LogP contribution in [0.5, 0.6) is 0 Å². The first-order valence-corrected chi connectivity index (χ1v) is 13.5. The molecule has 33 heavy (non-hydrogen) atoms. The van der Waals surface area contributed by atoms with Crippen molar-refractivity contribution in [1.29, 1.82) is 0 Å². The third kappa shape index (κ3) is 8.99. The van der Waals surface area contributed by atoms with Crippen LogP contribution in [0.1, 0.15) is 44.2 Å². The number of halogens is 1. The zero-order valence-electron chi connectivity index (χ0n) is 19.3. The van der Waals surface area contributed by atoms with E-state index in [4.69, 9.17) is 16.7 Å². The number of aliphatic hydroxyl groups is 1. The Morgan fingerprint density at radius 1 is 1.24 bits per heavy atom. The molecule has 0 bridgehead atoms. The van der Waals surface area contributed by atoms with Gasteiger partial charge >= 0.3 is 5.97 Å². The minimum atomic E-state index is -3.84. The average molecular weight is 517 g/mol. The van der Waals surface area contributed by atoms with E-state index in [1.54, 1.807) is 0 Å². The maximum absolute atomic E-state index is 12.9. The van der Waals surface area contributed by atoms with Crippen LogP contribution in [0.25, 0.3) is 0 Å². The summed E-state index contributed by atoms with van der Waals surface area (Å²) in [5.74, 6) is -0.975. The fourth-order valence-electron chi connectivity index (χ4n) is 3.40. The van der Waals surface area contributed by atoms with Gasteiger partial charge in [0.05, 0.1) is 10.4 Å². The molecule has 0 aliphatic carbocycles. The fourth-order valence-corrected chi connectivity index (χ4v) is 6.62. The topological polar surface area (TPSA) is 107 Å². The highest BCUT2D eigenvalue weighted by molar-refractivity contribution is 7.91. The number of likely N-dealkylation sites (N-methyl/N-ethyl adjacent to an activating group) is 1. The predicted molar refractivity (Wildman–Crippen MR) is 133 cm³/mol. The van der Waals surface area contributed by atoms with Crippen LogP contribution in [0.3, 0.4) is 0 Å². The quantitative estimate of drug-likeness (QED) is 0.352. The summed E-state index contributed by atoms with van der Waals surface area (Å²) in [5, 5.41) is 22.6. The Morgan fingerprint density at radius 3 is 2.55 bits per heavy atom. The summed E-state index contributed by atoms with van der Waals surface area (Å²) in [6, 6.07) is 11.7. The molecule has 3 N–H and O–H groups in total. The molecule has 0 spiro atoms. The lowest BCUT2D eigenvalue weighted by atomic mass is 9.95. The van der Waals surface area contributed by atoms with Crippen molar-refractivity contribution in [1.82, 2.24) is 9.62 Å². The number of benzene rings is 1. The smallest absolute Gasteiger partial charge is 0.303 e. The van der Waals surface area contributed by atoms with Gasteiger partial charge < -0.3 is 15.5 Å². The van der Waals surface area contributed by atoms with Crippen LogP contribution in [0.2, 0.25) is 4.34 Å². The van der Waals surface area contributed by atoms with Gasteiger partial charge in [-0.2, -0.15) is 4.31 Å². The third-order valence-electron chi connectivity index (χ3n) is 5.40. The molecular formula is C23H33ClN2O5S2. The highest BCUT2D eigenvalue weighted by atomic mass is 35.5. The zero-order valence-corrected chi connectivity index (χ0v) is 21.6. The molecule has 184 valence electrons. The average Bonchev–Trinajstić information content (AvgIpc) is 3.13. The van der Waals surface area contributed by atoms with Gasteiger partial charge in [0.2, 0.25) is 0 Å². The normalized spacial score (nSPS) is 13.4. The van der Waals surface area contributed by atoms with Crippen LogP contribution in [0, 0.1) is 0 Å². The number of aliphatic hydroxyl groups excluding tert-OH is 1. The van der Waals surface area contributed by atoms with E-state index in [1.807, 2.05) is 18.2 Å². The Morgan fingerprint density at radius 2 is 1.91 bits per heavy atom. The number of thiophene rings is 1. The number of hydrogen-bond donors (Lipinski definition) is 3. The Bertz CT molecular complexity index is 1010. The summed E-state index contributed by atoms with van der Waals surface area (Å²) in [6.45, 7) is 4.32. The molecule has 2 rings (SSSR count). The van der Waals surface area contributed by atoms with Gasteiger partial charge in [-0.3, -0.25) is 4.79 Å². The lowest BCUT2D eigenvalue weighted by molar-refractivity contribution is -0.136. The van der Waals surface area contributed by atoms with E-state index in [9.17, 15) is 18.3 Å². The van der Waals surface area contributed by atoms with Crippen molar-refractivity contribution >= 4 is 38.9 Å². The van der Waals surface area contributed by atoms with Crippen molar-refractivity contribution in [2.24, 2.45) is 0 Å². The van der Waals surface area contributed by atoms with Gasteiger partial charge in [-0.15, -0.1) is 11.3 Å². The molecule has 10 heteroatoms. The number of carboxylic acid groups (broad SMARTS) is 1. The molecule has 1 atom stereocenters. The van der Waals surface area contributed by atoms with Crippen molar-refractivity contribution in [2.75, 3.05) is 20.1 Å². The minimum absolute atomic E-state index is 0.0387. The van der Waals surface area contributed by atoms with Crippen molar-refractivity contribution in [2.45, 2.75) is 61.8 Å². The summed E-state index contributed by atoms with van der Waals surface area (Å²) < 4.78 is 27.2. The summed E-state index contributed by atoms with van der Waals surface area (Å²) in [5.41, 5.74) is 1.59. The first-order valence-electron chi connectivity index (χ1n) is 10.8. The second-order valence-electron chi connectivity index (χ2n) is 8.80. The lowest BCUT2D eigenvalue weighted by Gasteiger charge is -2.29. The number of aliphatic carboxylic acids is 1. The number of carbonyl (C=O) groups is 1. The van der Waals surface area contributed by atoms with Gasteiger partial charge in [0.15, 0.2) is 0 Å². The molecule has 2 aromatic rings. The Balaban J connectivity index is 1.85. The van der Waals surface area contributed by atoms with Crippen molar-refractivity contribution < 1.29 is 23.4 Å². The molecule has 1 heterocycles. The maximum atomic E-state index is 12.9. The molecule has 0 fully saturated rings. The van der Waals surface area contributed by atoms with Crippen LogP contribution in [-0.2, 0) is 27.7 Å². The Hall–Kier alpha value is -1.49. The molecule has 0 aliphatic heterocycles. The van der Waals surface area contributed by atoms with Gasteiger partial charge in [0.1, 0.15) is 4.21 Å². The monoisotopic (exact) mass is 516 g/mol. The molecule has 0 radical (unpaired) electrons. The largest absolute Gasteiger partial charge is 0.481 e. The molecule has 1 unspecified atom stereocenters. The first kappa shape index (κ1) is 27.8. The highest BCUT2D eigenvalue weighted by Crippen LogP contribution is 2.33. The lowest BCUT2D eigenvalue weighted by Crippen LogP contribution is -2.46. The molecule has 0 saturated carbocycles. The highest BCUT2D eigenvalue weighted by Gasteiger charge is 2.27. The minimum Gasteiger partial charge on any atom is -0.481 e. The van der Waals surface area contributed by atoms with Gasteiger partial charge in [-0.1, -0.05) is 41.9 Å². The van der Waals surface area contributed by atoms with Gasteiger partial charge in [0, 0.05) is 32.1 Å². The van der Waals surface area contributed by atoms with E-state index in [0.717, 1.165) is 34.9 Å². The molecular weight excluding hydrogens is 484 g/mol. The number of β-amino-alcohol motifs (C(OH)–C–C–N with tert-alkyl or cyclic N) is 1. The van der Waals surface area contributed by atoms with Crippen LogP contribution in [0.15, 0.2) is 40.6 Å². The molecule has 0 saturated heterocycles. The van der Waals surface area contributed by atoms with Gasteiger partial charge in [0.25, 0.3) is 10.0 Å². The molecule has 1 aromatic heterocycles. The van der Waals surface area contributed by atoms with E-state index >= 15 is 0 Å². The summed E-state index contributed by atoms with van der Waals surface area (Å²) >= 11 is 7.01. The van der Waals surface area contributed by atoms with E-state index in [-0.39, 0.29) is 40.0 Å². The van der Waals surface area contributed by atoms with Gasteiger partial charge in [-0.05, 0) is 56.7 Å². The molecule has 0 aliphatic rings. The molecule has 1 aromatic carbocycles. The summed E-state index contributed by atoms with van der Waals surface area (Å²) in [6.07, 6.45) is 2.04. The van der Waals surface area contributed by atoms with Crippen molar-refractivity contribution in [3.8, 4) is 0 Å². The third-order valence-corrected chi connectivity index (χ3v) is 9.11. The van der Waals surface area contributed by atoms with Crippen molar-refractivity contribution in [3.63, 3.8) is 0 Å². The van der Waals surface area contributed by atoms with E-state index in [1.165, 1.54) is 18.7 Å². The molecule has 7 nitrogen and oxygen atoms in total. The Kier molecular flexibility index (Phi) is 10.3. The van der Waals surface area contributed by atoms with Crippen LogP contribution in [0.4, 0.5) is 0 Å². The fraction of sp³-hybridized carbons (Fsp3) is 0.522. The van der Waals surface area contributed by atoms with E-state index < -0.39 is 22.1 Å². The van der Waals surface area contributed by atoms with Crippen LogP contribution < -0.4 is 5.32 Å². The first-order chi connectivity index (χ1) is 15.4. The number of rotatable bonds is 14. The van der Waals surface area contributed by atoms with E-state index in [2.05, 4.69) is 31.3 Å². The molecule has 0 amide bonds. The van der Waals surface area contributed by atoms with Crippen molar-refractivity contribution in [3.05, 3.63) is 51.9 Å². The summed E-state index contributed by atoms with van der Waals surface area (Å²) in [4.78, 5) is 10.8. The van der Waals surface area contributed by atoms with Gasteiger partial charge in [-0.25, -0.2) is 8.42 Å². The van der Waals surface area contributed by atoms with Crippen LogP contribution >= 0.6 is 22.9 Å². The number of hydrogen-bond acceptors (Lipinski definition) is 6. The second-order valence-corrected chi connectivity index (χ2v) is 12.7. The second kappa shape index (κ2) is 12.3. The van der Waals surface area contributed by atoms with Crippen LogP contribution in [-0.4, -0.2) is 60.7 Å². The number of sulfonamides is 1. The zero-order chi connectivity index (χ0) is 24.6. The number of carboxylic acids is 1. The number of nitrogens with zero attached hydrogens (tertiary/aromatic N) is 1. The standard InChI is InChI=1S/C23H33ClN2O5S2/c1-23(2,13-7-10-17-8-5-4-6-9-17)25-15-19(27)16-26(3)33(30,31)21-14-18(22(24)32-21)11-12-20(28)29/h4-6,8-9,14,19,25,27H,7,10-13,15-16H2,1-3H3,(H,28,29).